The quantitative estimate of drug-likeness (QED) is 0.347. The van der Waals surface area contributed by atoms with Gasteiger partial charge in [0.2, 0.25) is 0 Å². The van der Waals surface area contributed by atoms with Crippen molar-refractivity contribution in [2.24, 2.45) is 0 Å². The van der Waals surface area contributed by atoms with Crippen LogP contribution < -0.4 is 5.32 Å². The normalized spacial score (nSPS) is 15.1. The van der Waals surface area contributed by atoms with Gasteiger partial charge in [-0.15, -0.1) is 0 Å². The molecule has 0 aromatic heterocycles. The maximum atomic E-state index is 12.4. The van der Waals surface area contributed by atoms with Gasteiger partial charge < -0.3 is 0 Å². The van der Waals surface area contributed by atoms with E-state index in [4.69, 9.17) is 5.11 Å². The molecule has 0 fully saturated rings. The van der Waals surface area contributed by atoms with E-state index in [9.17, 15) is 29.1 Å². The Kier molecular flexibility index (Phi) is 7.30. The van der Waals surface area contributed by atoms with Crippen LogP contribution >= 0.6 is 0 Å². The number of hydrogen-bond donors (Lipinski definition) is 3. The van der Waals surface area contributed by atoms with Crippen molar-refractivity contribution in [1.29, 1.82) is 0 Å². The third-order valence-electron chi connectivity index (χ3n) is 4.31. The predicted molar refractivity (Wildman–Crippen MR) is 98.2 cm³/mol. The van der Waals surface area contributed by atoms with Crippen LogP contribution in [0.4, 0.5) is 0 Å². The number of carbonyl (C=O) groups excluding carboxylic acids is 3. The molecule has 3 N–H and O–H groups in total. The van der Waals surface area contributed by atoms with Crippen LogP contribution in [0, 0.1) is 0 Å². The number of carboxylic acids is 2. The molecular formula is C18H20N2O7Se. The number of aliphatic carboxylic acids is 2. The zero-order valence-corrected chi connectivity index (χ0v) is 16.8. The third kappa shape index (κ3) is 4.76. The average molecular weight is 455 g/mol. The second-order valence-electron chi connectivity index (χ2n) is 6.16. The van der Waals surface area contributed by atoms with Gasteiger partial charge >= 0.3 is 155 Å². The van der Waals surface area contributed by atoms with E-state index in [-0.39, 0.29) is 38.9 Å². The van der Waals surface area contributed by atoms with Crippen LogP contribution in [0.15, 0.2) is 24.3 Å². The summed E-state index contributed by atoms with van der Waals surface area (Å²) in [6.45, 7) is 0. The monoisotopic (exact) mass is 456 g/mol. The first-order chi connectivity index (χ1) is 13.3. The summed E-state index contributed by atoms with van der Waals surface area (Å²) in [6, 6.07) is 3.46. The van der Waals surface area contributed by atoms with E-state index in [0.29, 0.717) is 16.6 Å². The summed E-state index contributed by atoms with van der Waals surface area (Å²) in [5.41, 5.74) is 0.242. The van der Waals surface area contributed by atoms with Gasteiger partial charge in [0, 0.05) is 0 Å². The summed E-state index contributed by atoms with van der Waals surface area (Å²) in [6.07, 6.45) is -0.347. The Bertz CT molecular complexity index is 776. The zero-order chi connectivity index (χ0) is 20.8. The van der Waals surface area contributed by atoms with Crippen molar-refractivity contribution in [3.63, 3.8) is 0 Å². The number of rotatable bonds is 10. The van der Waals surface area contributed by atoms with Gasteiger partial charge in [-0.25, -0.2) is 0 Å². The summed E-state index contributed by atoms with van der Waals surface area (Å²) in [5.74, 6) is -2.70. The molecule has 1 aliphatic rings. The molecule has 1 heterocycles. The second kappa shape index (κ2) is 9.47. The van der Waals surface area contributed by atoms with Crippen molar-refractivity contribution in [3.8, 4) is 0 Å². The van der Waals surface area contributed by atoms with E-state index in [0.717, 1.165) is 0 Å². The first-order valence-corrected chi connectivity index (χ1v) is 11.4. The molecular weight excluding hydrogens is 435 g/mol. The van der Waals surface area contributed by atoms with Crippen LogP contribution in [0.25, 0.3) is 0 Å². The van der Waals surface area contributed by atoms with E-state index in [1.165, 1.54) is 12.1 Å². The van der Waals surface area contributed by atoms with E-state index in [2.05, 4.69) is 5.32 Å². The predicted octanol–water partition coefficient (Wildman–Crippen LogP) is 0.646. The SMILES string of the molecule is C[Se]CC[C@H](NC(=O)CC[C@@H](C(=O)O)N1C(=O)c2ccccc2C1=O)C(=O)O. The van der Waals surface area contributed by atoms with Crippen molar-refractivity contribution < 1.29 is 34.2 Å². The molecule has 0 radical (unpaired) electrons. The molecule has 0 unspecified atom stereocenters. The third-order valence-corrected chi connectivity index (χ3v) is 5.66. The molecule has 0 saturated heterocycles. The van der Waals surface area contributed by atoms with Gasteiger partial charge in [-0.2, -0.15) is 0 Å². The molecule has 28 heavy (non-hydrogen) atoms. The van der Waals surface area contributed by atoms with Gasteiger partial charge in [0.1, 0.15) is 0 Å². The number of carbonyl (C=O) groups is 5. The average Bonchev–Trinajstić information content (AvgIpc) is 2.90. The van der Waals surface area contributed by atoms with Crippen molar-refractivity contribution in [2.45, 2.75) is 42.5 Å². The first-order valence-electron chi connectivity index (χ1n) is 8.48. The second-order valence-corrected chi connectivity index (χ2v) is 8.23. The van der Waals surface area contributed by atoms with E-state index >= 15 is 0 Å². The molecule has 1 aromatic rings. The van der Waals surface area contributed by atoms with Crippen LogP contribution in [0.1, 0.15) is 40.0 Å². The summed E-state index contributed by atoms with van der Waals surface area (Å²) >= 11 is 0.262. The van der Waals surface area contributed by atoms with Crippen molar-refractivity contribution in [1.82, 2.24) is 10.2 Å². The molecule has 2 rings (SSSR count). The van der Waals surface area contributed by atoms with Crippen molar-refractivity contribution >= 4 is 44.6 Å². The topological polar surface area (TPSA) is 141 Å². The summed E-state index contributed by atoms with van der Waals surface area (Å²) in [5, 5.41) is 21.7. The number of imide groups is 1. The standard InChI is InChI=1S/C18H20N2O7Se/c1-28-9-8-12(17(24)25)19-14(21)7-6-13(18(26)27)20-15(22)10-4-2-3-5-11(10)16(20)23/h2-5,12-13H,6-9H2,1H3,(H,19,21)(H,24,25)(H,26,27)/t12-,13-/m0/s1. The molecule has 150 valence electrons. The number of amides is 3. The van der Waals surface area contributed by atoms with Gasteiger partial charge in [0.15, 0.2) is 0 Å². The minimum absolute atomic E-state index is 0.121. The first kappa shape index (κ1) is 21.6. The number of benzene rings is 1. The Labute approximate surface area is 167 Å². The fourth-order valence-electron chi connectivity index (χ4n) is 2.88. The van der Waals surface area contributed by atoms with Crippen molar-refractivity contribution in [3.05, 3.63) is 35.4 Å². The summed E-state index contributed by atoms with van der Waals surface area (Å²) < 4.78 is 0. The Morgan fingerprint density at radius 1 is 1.04 bits per heavy atom. The molecule has 1 aliphatic heterocycles. The van der Waals surface area contributed by atoms with E-state index < -0.39 is 41.7 Å². The van der Waals surface area contributed by atoms with Gasteiger partial charge in [-0.1, -0.05) is 12.1 Å². The maximum absolute atomic E-state index is 12.4. The number of nitrogens with zero attached hydrogens (tertiary/aromatic N) is 1. The Balaban J connectivity index is 2.05. The van der Waals surface area contributed by atoms with Crippen LogP contribution in [-0.4, -0.2) is 71.8 Å². The van der Waals surface area contributed by atoms with Gasteiger partial charge in [0.25, 0.3) is 0 Å². The summed E-state index contributed by atoms with van der Waals surface area (Å²) in [7, 11) is 0. The van der Waals surface area contributed by atoms with Gasteiger partial charge in [-0.05, 0) is 0 Å². The molecule has 0 saturated carbocycles. The van der Waals surface area contributed by atoms with Crippen molar-refractivity contribution in [2.75, 3.05) is 0 Å². The number of carboxylic acid groups (broad SMARTS) is 2. The van der Waals surface area contributed by atoms with Crippen LogP contribution in [-0.2, 0) is 14.4 Å². The van der Waals surface area contributed by atoms with Gasteiger partial charge in [0.05, 0.1) is 0 Å². The molecule has 1 aromatic carbocycles. The number of nitrogens with one attached hydrogen (secondary N) is 1. The zero-order valence-electron chi connectivity index (χ0n) is 15.1. The molecule has 3 amide bonds. The van der Waals surface area contributed by atoms with Crippen LogP contribution in [0.3, 0.4) is 0 Å². The van der Waals surface area contributed by atoms with E-state index in [1.807, 2.05) is 5.82 Å². The Hall–Kier alpha value is -2.71. The fraction of sp³-hybridized carbons (Fsp3) is 0.389. The molecule has 2 atom stereocenters. The number of fused-ring (bicyclic) bond motifs is 1. The van der Waals surface area contributed by atoms with E-state index in [1.54, 1.807) is 12.1 Å². The Morgan fingerprint density at radius 2 is 1.61 bits per heavy atom. The molecule has 0 spiro atoms. The Morgan fingerprint density at radius 3 is 2.07 bits per heavy atom. The molecule has 9 nitrogen and oxygen atoms in total. The van der Waals surface area contributed by atoms with Crippen LogP contribution in [0.5, 0.6) is 0 Å². The molecule has 10 heteroatoms. The molecule has 0 aliphatic carbocycles. The minimum atomic E-state index is -1.51. The van der Waals surface area contributed by atoms with Gasteiger partial charge in [-0.3, -0.25) is 0 Å². The number of hydrogen-bond acceptors (Lipinski definition) is 5. The molecule has 0 bridgehead atoms. The summed E-state index contributed by atoms with van der Waals surface area (Å²) in [4.78, 5) is 60.5. The van der Waals surface area contributed by atoms with Crippen LogP contribution in [0.2, 0.25) is 11.1 Å². The fourth-order valence-corrected chi connectivity index (χ4v) is 3.87.